The summed E-state index contributed by atoms with van der Waals surface area (Å²) in [5.41, 5.74) is 7.67. The van der Waals surface area contributed by atoms with Gasteiger partial charge in [-0.3, -0.25) is 0 Å². The van der Waals surface area contributed by atoms with Gasteiger partial charge in [-0.15, -0.1) is 0 Å². The van der Waals surface area contributed by atoms with Gasteiger partial charge in [-0.2, -0.15) is 0 Å². The first-order valence-corrected chi connectivity index (χ1v) is 14.4. The maximum Gasteiger partial charge on any atom is 0.0650 e. The number of hydrogen-bond donors (Lipinski definition) is 4. The van der Waals surface area contributed by atoms with Gasteiger partial charge in [0.1, 0.15) is 0 Å². The first-order chi connectivity index (χ1) is 16.0. The largest absolute Gasteiger partial charge is 0.402 e. The molecular weight excluding hydrogens is 420 g/mol. The Morgan fingerprint density at radius 3 is 2.50 bits per heavy atom. The first kappa shape index (κ1) is 26.2. The predicted octanol–water partition coefficient (Wildman–Crippen LogP) is 6.45. The number of aliphatic hydroxyl groups is 2. The molecule has 194 valence electrons. The van der Waals surface area contributed by atoms with E-state index < -0.39 is 5.60 Å². The van der Waals surface area contributed by atoms with Gasteiger partial charge in [0, 0.05) is 11.4 Å². The highest BCUT2D eigenvalue weighted by atomic mass is 16.3. The highest BCUT2D eigenvalue weighted by Crippen LogP contribution is 2.69. The van der Waals surface area contributed by atoms with Crippen molar-refractivity contribution >= 4 is 5.71 Å². The first-order valence-electron chi connectivity index (χ1n) is 14.4. The van der Waals surface area contributed by atoms with E-state index in [9.17, 15) is 10.2 Å². The summed E-state index contributed by atoms with van der Waals surface area (Å²) in [7, 11) is 0. The number of allylic oxidation sites excluding steroid dienone is 2. The van der Waals surface area contributed by atoms with E-state index in [1.54, 1.807) is 0 Å². The van der Waals surface area contributed by atoms with Crippen LogP contribution in [-0.4, -0.2) is 27.6 Å². The summed E-state index contributed by atoms with van der Waals surface area (Å²) in [6, 6.07) is 0. The Morgan fingerprint density at radius 1 is 1.09 bits per heavy atom. The molecule has 0 aromatic heterocycles. The molecule has 4 rings (SSSR count). The monoisotopic (exact) mass is 472 g/mol. The van der Waals surface area contributed by atoms with E-state index in [1.807, 2.05) is 13.0 Å². The Labute approximate surface area is 208 Å². The summed E-state index contributed by atoms with van der Waals surface area (Å²) in [4.78, 5) is 0. The highest BCUT2D eigenvalue weighted by molar-refractivity contribution is 5.92. The molecule has 4 aliphatic rings. The van der Waals surface area contributed by atoms with Gasteiger partial charge in [-0.05, 0) is 123 Å². The summed E-state index contributed by atoms with van der Waals surface area (Å²) >= 11 is 0. The lowest BCUT2D eigenvalue weighted by molar-refractivity contribution is -0.193. The van der Waals surface area contributed by atoms with Crippen molar-refractivity contribution in [3.63, 3.8) is 0 Å². The van der Waals surface area contributed by atoms with Gasteiger partial charge in [0.05, 0.1) is 11.7 Å². The van der Waals surface area contributed by atoms with Crippen LogP contribution < -0.4 is 5.73 Å². The highest BCUT2D eigenvalue weighted by Gasteiger charge is 2.64. The van der Waals surface area contributed by atoms with Crippen LogP contribution in [0.4, 0.5) is 0 Å². The van der Waals surface area contributed by atoms with Gasteiger partial charge in [0.15, 0.2) is 0 Å². The zero-order valence-electron chi connectivity index (χ0n) is 22.6. The van der Waals surface area contributed by atoms with Crippen molar-refractivity contribution in [2.24, 2.45) is 52.1 Å². The average molecular weight is 473 g/mol. The summed E-state index contributed by atoms with van der Waals surface area (Å²) in [6.45, 7) is 11.5. The average Bonchev–Trinajstić information content (AvgIpc) is 3.10. The second-order valence-electron chi connectivity index (χ2n) is 13.5. The van der Waals surface area contributed by atoms with Crippen molar-refractivity contribution in [2.45, 2.75) is 123 Å². The summed E-state index contributed by atoms with van der Waals surface area (Å²) in [5.74, 6) is 3.31. The third-order valence-corrected chi connectivity index (χ3v) is 11.5. The van der Waals surface area contributed by atoms with E-state index in [2.05, 4.69) is 27.7 Å². The molecule has 10 atom stereocenters. The molecule has 0 spiro atoms. The van der Waals surface area contributed by atoms with Crippen LogP contribution in [0.3, 0.4) is 0 Å². The third kappa shape index (κ3) is 4.40. The van der Waals surface area contributed by atoms with Crippen molar-refractivity contribution in [1.29, 1.82) is 5.41 Å². The lowest BCUT2D eigenvalue weighted by Gasteiger charge is -2.63. The number of rotatable bonds is 7. The molecule has 0 amide bonds. The van der Waals surface area contributed by atoms with E-state index >= 15 is 0 Å². The number of hydrogen-bond acceptors (Lipinski definition) is 4. The minimum Gasteiger partial charge on any atom is -0.402 e. The zero-order valence-corrected chi connectivity index (χ0v) is 22.6. The zero-order chi connectivity index (χ0) is 24.9. The molecule has 0 heterocycles. The quantitative estimate of drug-likeness (QED) is 0.321. The summed E-state index contributed by atoms with van der Waals surface area (Å²) < 4.78 is 0. The maximum atomic E-state index is 11.8. The number of aliphatic hydroxyl groups excluding tert-OH is 1. The minimum absolute atomic E-state index is 0.168. The molecule has 0 aromatic rings. The molecule has 0 radical (unpaired) electrons. The predicted molar refractivity (Wildman–Crippen MR) is 141 cm³/mol. The van der Waals surface area contributed by atoms with E-state index in [4.69, 9.17) is 11.1 Å². The van der Waals surface area contributed by atoms with Crippen LogP contribution in [0.5, 0.6) is 0 Å². The molecule has 4 saturated carbocycles. The Bertz CT molecular complexity index is 795. The Balaban J connectivity index is 1.52. The minimum atomic E-state index is -0.477. The van der Waals surface area contributed by atoms with Gasteiger partial charge in [0.2, 0.25) is 0 Å². The van der Waals surface area contributed by atoms with Gasteiger partial charge >= 0.3 is 0 Å². The molecule has 0 bridgehead atoms. The van der Waals surface area contributed by atoms with Crippen LogP contribution in [0.15, 0.2) is 11.8 Å². The van der Waals surface area contributed by atoms with E-state index in [0.29, 0.717) is 41.2 Å². The van der Waals surface area contributed by atoms with Gasteiger partial charge in [-0.1, -0.05) is 41.0 Å². The van der Waals surface area contributed by atoms with Crippen molar-refractivity contribution in [3.8, 4) is 0 Å². The van der Waals surface area contributed by atoms with Gasteiger partial charge < -0.3 is 21.4 Å². The molecule has 0 aliphatic heterocycles. The normalized spacial score (nSPS) is 47.4. The standard InChI is InChI=1S/C30H52N2O2/c1-6-12-30(34)14-13-28(4)20(17-30)8-9-23-25-11-10-24(29(25,5)18-26(33)27(23)28)19(3)15-22(32)16-21(31)7-2/h16,19-20,23-27,31,33-34H,6-15,17-18,32H2,1-5H3/t19-,20?,23-,24?,25-,26-,27?,28?,29?,30+/m0/s1. The van der Waals surface area contributed by atoms with Crippen molar-refractivity contribution in [2.75, 3.05) is 0 Å². The second kappa shape index (κ2) is 9.54. The number of nitrogens with one attached hydrogen (secondary N) is 1. The molecule has 5 unspecified atom stereocenters. The van der Waals surface area contributed by atoms with Crippen LogP contribution in [0.25, 0.3) is 0 Å². The molecule has 4 fully saturated rings. The van der Waals surface area contributed by atoms with E-state index in [1.165, 1.54) is 25.7 Å². The maximum absolute atomic E-state index is 11.8. The third-order valence-electron chi connectivity index (χ3n) is 11.5. The van der Waals surface area contributed by atoms with Crippen LogP contribution in [0.2, 0.25) is 0 Å². The Hall–Kier alpha value is -0.870. The fourth-order valence-electron chi connectivity index (χ4n) is 10.0. The molecule has 4 heteroatoms. The molecule has 0 saturated heterocycles. The SMILES string of the molecule is CCC[C@@]1(O)CCC2(C)C(CC[C@@H]3C2[C@@H](O)CC2(C)C([C@@H](C)CC(N)=CC(=N)CC)CC[C@@H]32)C1. The fraction of sp³-hybridized carbons (Fsp3) is 0.900. The molecule has 5 N–H and O–H groups in total. The van der Waals surface area contributed by atoms with Gasteiger partial charge in [-0.25, -0.2) is 0 Å². The van der Waals surface area contributed by atoms with Crippen LogP contribution in [-0.2, 0) is 0 Å². The lowest BCUT2D eigenvalue weighted by Crippen LogP contribution is -2.60. The van der Waals surface area contributed by atoms with Crippen LogP contribution in [0.1, 0.15) is 112 Å². The summed E-state index contributed by atoms with van der Waals surface area (Å²) in [5, 5.41) is 31.0. The molecule has 34 heavy (non-hydrogen) atoms. The van der Waals surface area contributed by atoms with Crippen LogP contribution >= 0.6 is 0 Å². The fourth-order valence-corrected chi connectivity index (χ4v) is 10.0. The Kier molecular flexibility index (Phi) is 7.35. The van der Waals surface area contributed by atoms with Gasteiger partial charge in [0.25, 0.3) is 0 Å². The number of fused-ring (bicyclic) bond motifs is 5. The van der Waals surface area contributed by atoms with Crippen molar-refractivity contribution < 1.29 is 10.2 Å². The lowest BCUT2D eigenvalue weighted by atomic mass is 9.42. The second-order valence-corrected chi connectivity index (χ2v) is 13.5. The molecule has 0 aromatic carbocycles. The van der Waals surface area contributed by atoms with E-state index in [-0.39, 0.29) is 16.9 Å². The summed E-state index contributed by atoms with van der Waals surface area (Å²) in [6.07, 6.45) is 14.0. The topological polar surface area (TPSA) is 90.3 Å². The smallest absolute Gasteiger partial charge is 0.0650 e. The molecule has 4 nitrogen and oxygen atoms in total. The van der Waals surface area contributed by atoms with Crippen molar-refractivity contribution in [3.05, 3.63) is 11.8 Å². The van der Waals surface area contributed by atoms with Crippen LogP contribution in [0, 0.1) is 51.7 Å². The molecule has 4 aliphatic carbocycles. The number of nitrogens with two attached hydrogens (primary N) is 1. The Morgan fingerprint density at radius 2 is 1.82 bits per heavy atom. The van der Waals surface area contributed by atoms with E-state index in [0.717, 1.165) is 57.1 Å². The van der Waals surface area contributed by atoms with Crippen molar-refractivity contribution in [1.82, 2.24) is 0 Å². The molecular formula is C30H52N2O2.